The van der Waals surface area contributed by atoms with Crippen molar-refractivity contribution in [2.75, 3.05) is 39.3 Å². The van der Waals surface area contributed by atoms with Crippen molar-refractivity contribution in [2.24, 2.45) is 11.8 Å². The molecule has 2 amide bonds. The molecule has 156 valence electrons. The summed E-state index contributed by atoms with van der Waals surface area (Å²) in [6.07, 6.45) is 3.87. The number of pyridine rings is 1. The summed E-state index contributed by atoms with van der Waals surface area (Å²) in [7, 11) is 0. The van der Waals surface area contributed by atoms with Crippen LogP contribution < -0.4 is 5.32 Å². The van der Waals surface area contributed by atoms with Gasteiger partial charge in [0.1, 0.15) is 5.03 Å². The Hall–Kier alpha value is -1.02. The van der Waals surface area contributed by atoms with Gasteiger partial charge < -0.3 is 15.1 Å². The van der Waals surface area contributed by atoms with Gasteiger partial charge in [0, 0.05) is 45.5 Å². The van der Waals surface area contributed by atoms with Gasteiger partial charge in [-0.1, -0.05) is 11.8 Å². The van der Waals surface area contributed by atoms with Crippen LogP contribution in [0.15, 0.2) is 23.4 Å². The number of thioether (sulfide) groups is 1. The number of fused-ring (bicyclic) bond motifs is 1. The Kier molecular flexibility index (Phi) is 8.43. The van der Waals surface area contributed by atoms with E-state index in [-0.39, 0.29) is 41.9 Å². The van der Waals surface area contributed by atoms with E-state index in [0.29, 0.717) is 22.4 Å². The molecule has 28 heavy (non-hydrogen) atoms. The number of halogens is 2. The van der Waals surface area contributed by atoms with Crippen molar-refractivity contribution < 1.29 is 9.59 Å². The molecule has 3 aliphatic rings. The number of nitrogens with zero attached hydrogens (tertiary/aromatic N) is 3. The molecule has 0 spiro atoms. The Labute approximate surface area is 183 Å². The third kappa shape index (κ3) is 4.75. The van der Waals surface area contributed by atoms with E-state index < -0.39 is 0 Å². The van der Waals surface area contributed by atoms with Gasteiger partial charge in [0.25, 0.3) is 5.91 Å². The first kappa shape index (κ1) is 23.3. The van der Waals surface area contributed by atoms with Crippen LogP contribution in [0.5, 0.6) is 0 Å². The number of nitrogens with one attached hydrogen (secondary N) is 1. The third-order valence-electron chi connectivity index (χ3n) is 5.73. The van der Waals surface area contributed by atoms with Gasteiger partial charge in [-0.15, -0.1) is 24.8 Å². The van der Waals surface area contributed by atoms with Crippen LogP contribution in [0.3, 0.4) is 0 Å². The molecule has 0 radical (unpaired) electrons. The van der Waals surface area contributed by atoms with Crippen LogP contribution in [0.4, 0.5) is 0 Å². The molecule has 6 nitrogen and oxygen atoms in total. The van der Waals surface area contributed by atoms with Gasteiger partial charge in [-0.2, -0.15) is 0 Å². The van der Waals surface area contributed by atoms with Crippen molar-refractivity contribution in [3.05, 3.63) is 23.9 Å². The molecular weight excluding hydrogens is 419 g/mol. The SMILES string of the molecule is CC(Sc1ncccc1C(=O)N1C[C@H]2CNC[C@H]2C1)C(=O)N1CCCC1.Cl.Cl. The van der Waals surface area contributed by atoms with Gasteiger partial charge in [0.2, 0.25) is 5.91 Å². The maximum atomic E-state index is 13.1. The molecule has 3 aliphatic heterocycles. The number of aromatic nitrogens is 1. The minimum absolute atomic E-state index is 0. The lowest BCUT2D eigenvalue weighted by molar-refractivity contribution is -0.129. The van der Waals surface area contributed by atoms with E-state index in [0.717, 1.165) is 52.1 Å². The van der Waals surface area contributed by atoms with Crippen molar-refractivity contribution in [1.82, 2.24) is 20.1 Å². The van der Waals surface area contributed by atoms with Gasteiger partial charge in [-0.25, -0.2) is 4.98 Å². The fourth-order valence-electron chi connectivity index (χ4n) is 4.25. The Morgan fingerprint density at radius 1 is 1.14 bits per heavy atom. The lowest BCUT2D eigenvalue weighted by Crippen LogP contribution is -2.34. The van der Waals surface area contributed by atoms with E-state index in [2.05, 4.69) is 10.3 Å². The smallest absolute Gasteiger partial charge is 0.256 e. The molecule has 1 unspecified atom stereocenters. The predicted molar refractivity (Wildman–Crippen MR) is 116 cm³/mol. The van der Waals surface area contributed by atoms with Crippen LogP contribution in [-0.2, 0) is 4.79 Å². The summed E-state index contributed by atoms with van der Waals surface area (Å²) in [5, 5.41) is 3.85. The van der Waals surface area contributed by atoms with Crippen molar-refractivity contribution >= 4 is 48.4 Å². The second-order valence-electron chi connectivity index (χ2n) is 7.54. The minimum atomic E-state index is -0.225. The van der Waals surface area contributed by atoms with Gasteiger partial charge in [0.15, 0.2) is 0 Å². The zero-order valence-corrected chi connectivity index (χ0v) is 18.5. The first-order valence-corrected chi connectivity index (χ1v) is 10.4. The van der Waals surface area contributed by atoms with E-state index in [9.17, 15) is 9.59 Å². The molecule has 1 N–H and O–H groups in total. The van der Waals surface area contributed by atoms with Crippen molar-refractivity contribution in [3.8, 4) is 0 Å². The highest BCUT2D eigenvalue weighted by Gasteiger charge is 2.39. The van der Waals surface area contributed by atoms with Gasteiger partial charge in [0.05, 0.1) is 10.8 Å². The normalized spacial score (nSPS) is 24.3. The topological polar surface area (TPSA) is 65.5 Å². The van der Waals surface area contributed by atoms with E-state index in [1.54, 1.807) is 6.20 Å². The van der Waals surface area contributed by atoms with Gasteiger partial charge in [-0.3, -0.25) is 9.59 Å². The molecule has 0 aliphatic carbocycles. The molecule has 4 rings (SSSR count). The van der Waals surface area contributed by atoms with Crippen LogP contribution in [0.25, 0.3) is 0 Å². The molecule has 1 aromatic heterocycles. The summed E-state index contributed by atoms with van der Waals surface area (Å²) in [6, 6.07) is 3.65. The van der Waals surface area contributed by atoms with Gasteiger partial charge >= 0.3 is 0 Å². The Bertz CT molecular complexity index is 690. The molecule has 3 atom stereocenters. The number of rotatable bonds is 4. The third-order valence-corrected chi connectivity index (χ3v) is 6.84. The highest BCUT2D eigenvalue weighted by Crippen LogP contribution is 2.31. The number of likely N-dealkylation sites (tertiary alicyclic amines) is 2. The van der Waals surface area contributed by atoms with Crippen LogP contribution in [0, 0.1) is 11.8 Å². The summed E-state index contributed by atoms with van der Waals surface area (Å²) in [4.78, 5) is 34.0. The standard InChI is InChI=1S/C19H26N4O2S.2ClH/c1-13(18(24)22-7-2-3-8-22)26-17-16(5-4-6-21-17)19(25)23-11-14-9-20-10-15(14)12-23;;/h4-6,13-15,20H,2-3,7-12H2,1H3;2*1H/t13?,14-,15+;;. The fraction of sp³-hybridized carbons (Fsp3) is 0.632. The van der Waals surface area contributed by atoms with E-state index >= 15 is 0 Å². The molecular formula is C19H28Cl2N4O2S. The number of carbonyl (C=O) groups is 2. The zero-order chi connectivity index (χ0) is 18.1. The largest absolute Gasteiger partial charge is 0.342 e. The number of carbonyl (C=O) groups excluding carboxylic acids is 2. The number of hydrogen-bond donors (Lipinski definition) is 1. The van der Waals surface area contributed by atoms with Crippen molar-refractivity contribution in [3.63, 3.8) is 0 Å². The summed E-state index contributed by atoms with van der Waals surface area (Å²) in [5.74, 6) is 1.35. The predicted octanol–water partition coefficient (Wildman–Crippen LogP) is 2.32. The molecule has 3 saturated heterocycles. The van der Waals surface area contributed by atoms with Crippen molar-refractivity contribution in [1.29, 1.82) is 0 Å². The molecule has 0 saturated carbocycles. The molecule has 3 fully saturated rings. The Balaban J connectivity index is 0.00000140. The van der Waals surface area contributed by atoms with Crippen molar-refractivity contribution in [2.45, 2.75) is 30.0 Å². The van der Waals surface area contributed by atoms with Crippen LogP contribution in [0.1, 0.15) is 30.1 Å². The molecule has 9 heteroatoms. The Morgan fingerprint density at radius 2 is 1.79 bits per heavy atom. The lowest BCUT2D eigenvalue weighted by Gasteiger charge is -2.22. The highest BCUT2D eigenvalue weighted by molar-refractivity contribution is 8.00. The first-order chi connectivity index (χ1) is 12.6. The van der Waals surface area contributed by atoms with Crippen LogP contribution >= 0.6 is 36.6 Å². The zero-order valence-electron chi connectivity index (χ0n) is 16.0. The molecule has 0 aromatic carbocycles. The summed E-state index contributed by atoms with van der Waals surface area (Å²) in [5.41, 5.74) is 0.631. The summed E-state index contributed by atoms with van der Waals surface area (Å²) < 4.78 is 0. The number of amides is 2. The lowest BCUT2D eigenvalue weighted by atomic mass is 10.0. The van der Waals surface area contributed by atoms with Crippen LogP contribution in [0.2, 0.25) is 0 Å². The maximum absolute atomic E-state index is 13.1. The Morgan fingerprint density at radius 3 is 2.43 bits per heavy atom. The quantitative estimate of drug-likeness (QED) is 0.718. The second-order valence-corrected chi connectivity index (χ2v) is 8.87. The average Bonchev–Trinajstić information content (AvgIpc) is 3.37. The number of hydrogen-bond acceptors (Lipinski definition) is 5. The first-order valence-electron chi connectivity index (χ1n) is 9.54. The monoisotopic (exact) mass is 446 g/mol. The fourth-order valence-corrected chi connectivity index (χ4v) is 5.24. The minimum Gasteiger partial charge on any atom is -0.342 e. The highest BCUT2D eigenvalue weighted by atomic mass is 35.5. The van der Waals surface area contributed by atoms with Gasteiger partial charge in [-0.05, 0) is 43.7 Å². The van der Waals surface area contributed by atoms with E-state index in [1.807, 2.05) is 28.9 Å². The average molecular weight is 447 g/mol. The van der Waals surface area contributed by atoms with Crippen LogP contribution in [-0.4, -0.2) is 71.1 Å². The molecule has 0 bridgehead atoms. The molecule has 4 heterocycles. The van der Waals surface area contributed by atoms with E-state index in [1.165, 1.54) is 11.8 Å². The van der Waals surface area contributed by atoms with E-state index in [4.69, 9.17) is 0 Å². The second kappa shape index (κ2) is 10.1. The maximum Gasteiger partial charge on any atom is 0.256 e. The summed E-state index contributed by atoms with van der Waals surface area (Å²) in [6.45, 7) is 7.26. The molecule has 1 aromatic rings. The summed E-state index contributed by atoms with van der Waals surface area (Å²) >= 11 is 1.41.